The van der Waals surface area contributed by atoms with Crippen LogP contribution in [-0.2, 0) is 0 Å². The predicted molar refractivity (Wildman–Crippen MR) is 121 cm³/mol. The Morgan fingerprint density at radius 3 is 1.62 bits per heavy atom. The van der Waals surface area contributed by atoms with Crippen LogP contribution in [0.25, 0.3) is 22.9 Å². The van der Waals surface area contributed by atoms with Crippen LogP contribution >= 0.6 is 0 Å². The van der Waals surface area contributed by atoms with Gasteiger partial charge in [0.1, 0.15) is 0 Å². The number of nitrogens with one attached hydrogen (secondary N) is 1. The fourth-order valence-corrected chi connectivity index (χ4v) is 3.74. The predicted octanol–water partition coefficient (Wildman–Crippen LogP) is 6.21. The van der Waals surface area contributed by atoms with Gasteiger partial charge in [0.15, 0.2) is 0 Å². The lowest BCUT2D eigenvalue weighted by atomic mass is 10.1. The van der Waals surface area contributed by atoms with E-state index in [1.54, 1.807) is 0 Å². The first kappa shape index (κ1) is 17.2. The molecule has 138 valence electrons. The molecule has 0 amide bonds. The van der Waals surface area contributed by atoms with Crippen molar-refractivity contribution in [3.05, 3.63) is 131 Å². The summed E-state index contributed by atoms with van der Waals surface area (Å²) >= 11 is 0. The molecule has 0 atom stereocenters. The number of fused-ring (bicyclic) bond motifs is 3. The second-order valence-electron chi connectivity index (χ2n) is 7.00. The van der Waals surface area contributed by atoms with Gasteiger partial charge in [0, 0.05) is 11.1 Å². The highest BCUT2D eigenvalue weighted by Gasteiger charge is 2.24. The number of hydrogen-bond donors (Lipinski definition) is 1. The molecular weight excluding hydrogens is 352 g/mol. The van der Waals surface area contributed by atoms with Crippen molar-refractivity contribution in [1.82, 2.24) is 5.43 Å². The van der Waals surface area contributed by atoms with E-state index in [0.29, 0.717) is 0 Å². The van der Waals surface area contributed by atoms with Gasteiger partial charge in [-0.2, -0.15) is 5.10 Å². The molecule has 0 saturated heterocycles. The lowest BCUT2D eigenvalue weighted by Gasteiger charge is -2.10. The summed E-state index contributed by atoms with van der Waals surface area (Å²) in [4.78, 5) is 0. The van der Waals surface area contributed by atoms with Gasteiger partial charge in [-0.15, -0.1) is 0 Å². The normalized spacial score (nSPS) is 12.3. The van der Waals surface area contributed by atoms with Crippen LogP contribution in [-0.4, -0.2) is 5.71 Å². The van der Waals surface area contributed by atoms with Gasteiger partial charge in [0.05, 0.1) is 11.4 Å². The average Bonchev–Trinajstić information content (AvgIpc) is 3.12. The fraction of sp³-hybridized carbons (Fsp3) is 0. The highest BCUT2D eigenvalue weighted by molar-refractivity contribution is 6.24. The monoisotopic (exact) mass is 372 g/mol. The lowest BCUT2D eigenvalue weighted by molar-refractivity contribution is 0.997. The van der Waals surface area contributed by atoms with E-state index in [0.717, 1.165) is 33.7 Å². The second kappa shape index (κ2) is 7.61. The van der Waals surface area contributed by atoms with Crippen molar-refractivity contribution in [3.63, 3.8) is 0 Å². The molecule has 0 heterocycles. The number of benzene rings is 4. The standard InChI is InChI=1S/C27H20N2/c1-3-11-20(12-4-1)19-26(21-13-5-2-6-14-21)28-29-27-24-17-9-7-15-22(24)23-16-8-10-18-25(23)27/h1-19,28H. The second-order valence-corrected chi connectivity index (χ2v) is 7.00. The Morgan fingerprint density at radius 2 is 1.03 bits per heavy atom. The number of nitrogens with zero attached hydrogens (tertiary/aromatic N) is 1. The zero-order chi connectivity index (χ0) is 19.5. The molecule has 4 aromatic rings. The van der Waals surface area contributed by atoms with Crippen molar-refractivity contribution in [1.29, 1.82) is 0 Å². The molecule has 1 aliphatic rings. The SMILES string of the molecule is C(=C(NN=C1c2ccccc2-c2ccccc21)c1ccccc1)c1ccccc1. The van der Waals surface area contributed by atoms with E-state index in [2.05, 4.69) is 84.3 Å². The quantitative estimate of drug-likeness (QED) is 0.294. The molecule has 0 fully saturated rings. The van der Waals surface area contributed by atoms with Crippen molar-refractivity contribution in [3.8, 4) is 11.1 Å². The molecule has 4 aromatic carbocycles. The topological polar surface area (TPSA) is 24.4 Å². The highest BCUT2D eigenvalue weighted by atomic mass is 15.3. The largest absolute Gasteiger partial charge is 0.277 e. The van der Waals surface area contributed by atoms with Gasteiger partial charge in [-0.3, -0.25) is 5.43 Å². The van der Waals surface area contributed by atoms with Gasteiger partial charge in [-0.25, -0.2) is 0 Å². The zero-order valence-corrected chi connectivity index (χ0v) is 15.9. The summed E-state index contributed by atoms with van der Waals surface area (Å²) in [5.41, 5.74) is 12.3. The van der Waals surface area contributed by atoms with Gasteiger partial charge in [0.25, 0.3) is 0 Å². The minimum absolute atomic E-state index is 0.964. The van der Waals surface area contributed by atoms with Gasteiger partial charge < -0.3 is 0 Å². The van der Waals surface area contributed by atoms with Crippen molar-refractivity contribution >= 4 is 17.5 Å². The number of rotatable bonds is 4. The Kier molecular flexibility index (Phi) is 4.51. The first-order valence-electron chi connectivity index (χ1n) is 9.75. The fourth-order valence-electron chi connectivity index (χ4n) is 3.74. The first-order valence-corrected chi connectivity index (χ1v) is 9.75. The smallest absolute Gasteiger partial charge is 0.0990 e. The van der Waals surface area contributed by atoms with E-state index in [1.807, 2.05) is 36.4 Å². The molecule has 0 saturated carbocycles. The Balaban J connectivity index is 1.58. The Bertz CT molecular complexity index is 1160. The maximum absolute atomic E-state index is 4.88. The summed E-state index contributed by atoms with van der Waals surface area (Å²) in [6.07, 6.45) is 2.13. The van der Waals surface area contributed by atoms with E-state index >= 15 is 0 Å². The Morgan fingerprint density at radius 1 is 0.552 bits per heavy atom. The number of hydrogen-bond acceptors (Lipinski definition) is 2. The molecule has 5 rings (SSSR count). The summed E-state index contributed by atoms with van der Waals surface area (Å²) in [5.74, 6) is 0. The van der Waals surface area contributed by atoms with Crippen molar-refractivity contribution in [2.45, 2.75) is 0 Å². The molecule has 1 aliphatic carbocycles. The molecule has 0 bridgehead atoms. The molecule has 0 radical (unpaired) electrons. The van der Waals surface area contributed by atoms with Crippen LogP contribution in [0, 0.1) is 0 Å². The Hall–Kier alpha value is -3.91. The molecule has 2 heteroatoms. The average molecular weight is 372 g/mol. The molecule has 0 aromatic heterocycles. The molecule has 1 N–H and O–H groups in total. The Labute approximate surface area is 170 Å². The van der Waals surface area contributed by atoms with E-state index in [-0.39, 0.29) is 0 Å². The lowest BCUT2D eigenvalue weighted by Crippen LogP contribution is -2.10. The van der Waals surface area contributed by atoms with Gasteiger partial charge in [0.2, 0.25) is 0 Å². The van der Waals surface area contributed by atoms with E-state index in [1.165, 1.54) is 11.1 Å². The molecule has 2 nitrogen and oxygen atoms in total. The van der Waals surface area contributed by atoms with Gasteiger partial charge in [-0.1, -0.05) is 109 Å². The molecule has 0 spiro atoms. The van der Waals surface area contributed by atoms with Crippen LogP contribution in [0.15, 0.2) is 114 Å². The molecule has 0 unspecified atom stereocenters. The van der Waals surface area contributed by atoms with Crippen LogP contribution in [0.5, 0.6) is 0 Å². The third kappa shape index (κ3) is 3.37. The molecule has 29 heavy (non-hydrogen) atoms. The maximum atomic E-state index is 4.88. The maximum Gasteiger partial charge on any atom is 0.0990 e. The van der Waals surface area contributed by atoms with E-state index in [9.17, 15) is 0 Å². The van der Waals surface area contributed by atoms with Crippen LogP contribution < -0.4 is 5.43 Å². The van der Waals surface area contributed by atoms with Gasteiger partial charge in [-0.05, 0) is 28.3 Å². The third-order valence-electron chi connectivity index (χ3n) is 5.14. The van der Waals surface area contributed by atoms with Crippen molar-refractivity contribution in [2.75, 3.05) is 0 Å². The first-order chi connectivity index (χ1) is 14.4. The highest BCUT2D eigenvalue weighted by Crippen LogP contribution is 2.36. The van der Waals surface area contributed by atoms with E-state index in [4.69, 9.17) is 5.10 Å². The van der Waals surface area contributed by atoms with Crippen LogP contribution in [0.1, 0.15) is 22.3 Å². The molecular formula is C27H20N2. The minimum Gasteiger partial charge on any atom is -0.277 e. The van der Waals surface area contributed by atoms with Crippen LogP contribution in [0.4, 0.5) is 0 Å². The summed E-state index contributed by atoms with van der Waals surface area (Å²) in [7, 11) is 0. The van der Waals surface area contributed by atoms with E-state index < -0.39 is 0 Å². The van der Waals surface area contributed by atoms with Crippen LogP contribution in [0.2, 0.25) is 0 Å². The van der Waals surface area contributed by atoms with Crippen molar-refractivity contribution in [2.24, 2.45) is 5.10 Å². The minimum atomic E-state index is 0.964. The molecule has 0 aliphatic heterocycles. The van der Waals surface area contributed by atoms with Gasteiger partial charge >= 0.3 is 0 Å². The van der Waals surface area contributed by atoms with Crippen LogP contribution in [0.3, 0.4) is 0 Å². The summed E-state index contributed by atoms with van der Waals surface area (Å²) in [6, 6.07) is 37.5. The summed E-state index contributed by atoms with van der Waals surface area (Å²) in [5, 5.41) is 4.88. The van der Waals surface area contributed by atoms with Crippen molar-refractivity contribution < 1.29 is 0 Å². The zero-order valence-electron chi connectivity index (χ0n) is 15.9. The summed E-state index contributed by atoms with van der Waals surface area (Å²) < 4.78 is 0. The number of hydrazone groups is 1. The third-order valence-corrected chi connectivity index (χ3v) is 5.14. The summed E-state index contributed by atoms with van der Waals surface area (Å²) in [6.45, 7) is 0.